The zero-order chi connectivity index (χ0) is 19.5. The lowest BCUT2D eigenvalue weighted by molar-refractivity contribution is 0.0954. The third kappa shape index (κ3) is 7.19. The fourth-order valence-electron chi connectivity index (χ4n) is 2.30. The van der Waals surface area contributed by atoms with E-state index in [0.29, 0.717) is 36.2 Å². The molecule has 0 aliphatic rings. The van der Waals surface area contributed by atoms with E-state index in [1.165, 1.54) is 0 Å². The summed E-state index contributed by atoms with van der Waals surface area (Å²) in [4.78, 5) is 16.6. The fourth-order valence-corrected chi connectivity index (χ4v) is 2.43. The molecule has 0 saturated heterocycles. The first kappa shape index (κ1) is 20.6. The van der Waals surface area contributed by atoms with Gasteiger partial charge in [0.25, 0.3) is 5.91 Å². The van der Waals surface area contributed by atoms with Crippen molar-refractivity contribution < 1.29 is 9.53 Å². The molecular formula is C20H25ClN4O2. The van der Waals surface area contributed by atoms with E-state index >= 15 is 0 Å². The number of nitrogens with zero attached hydrogens (tertiary/aromatic N) is 1. The van der Waals surface area contributed by atoms with E-state index < -0.39 is 0 Å². The number of aliphatic imine (C=N–C) groups is 1. The van der Waals surface area contributed by atoms with Crippen LogP contribution in [0.15, 0.2) is 53.5 Å². The van der Waals surface area contributed by atoms with Gasteiger partial charge in [0.15, 0.2) is 5.96 Å². The molecule has 0 heterocycles. The molecule has 0 aliphatic heterocycles. The van der Waals surface area contributed by atoms with Gasteiger partial charge in [-0.1, -0.05) is 23.7 Å². The number of carbonyl (C=O) groups excluding carboxylic acids is 1. The Labute approximate surface area is 165 Å². The molecule has 0 fully saturated rings. The number of rotatable bonds is 8. The summed E-state index contributed by atoms with van der Waals surface area (Å²) in [6, 6.07) is 14.6. The second-order valence-electron chi connectivity index (χ2n) is 5.73. The second-order valence-corrected chi connectivity index (χ2v) is 6.17. The average molecular weight is 389 g/mol. The Morgan fingerprint density at radius 2 is 1.67 bits per heavy atom. The monoisotopic (exact) mass is 388 g/mol. The molecule has 6 nitrogen and oxygen atoms in total. The molecule has 2 rings (SSSR count). The fraction of sp³-hybridized carbons (Fsp3) is 0.300. The average Bonchev–Trinajstić information content (AvgIpc) is 2.70. The molecule has 0 aliphatic carbocycles. The van der Waals surface area contributed by atoms with Crippen LogP contribution in [0.5, 0.6) is 5.75 Å². The summed E-state index contributed by atoms with van der Waals surface area (Å²) in [5.74, 6) is 1.30. The molecule has 1 amide bonds. The van der Waals surface area contributed by atoms with Crippen molar-refractivity contribution in [3.05, 3.63) is 64.7 Å². The van der Waals surface area contributed by atoms with Crippen LogP contribution in [0.25, 0.3) is 0 Å². The van der Waals surface area contributed by atoms with E-state index in [-0.39, 0.29) is 5.91 Å². The Balaban J connectivity index is 1.78. The maximum absolute atomic E-state index is 12.1. The predicted molar refractivity (Wildman–Crippen MR) is 110 cm³/mol. The molecule has 27 heavy (non-hydrogen) atoms. The highest BCUT2D eigenvalue weighted by Gasteiger charge is 2.05. The summed E-state index contributed by atoms with van der Waals surface area (Å²) in [7, 11) is 1.59. The van der Waals surface area contributed by atoms with Gasteiger partial charge < -0.3 is 20.7 Å². The van der Waals surface area contributed by atoms with Crippen molar-refractivity contribution >= 4 is 23.5 Å². The van der Waals surface area contributed by atoms with Crippen molar-refractivity contribution in [1.29, 1.82) is 0 Å². The Bertz CT molecular complexity index is 746. The van der Waals surface area contributed by atoms with Gasteiger partial charge in [0.1, 0.15) is 5.75 Å². The molecule has 2 aromatic rings. The van der Waals surface area contributed by atoms with Gasteiger partial charge in [-0.25, -0.2) is 4.99 Å². The highest BCUT2D eigenvalue weighted by molar-refractivity contribution is 6.30. The minimum absolute atomic E-state index is 0.123. The van der Waals surface area contributed by atoms with Crippen LogP contribution in [0.4, 0.5) is 0 Å². The van der Waals surface area contributed by atoms with Crippen molar-refractivity contribution in [2.24, 2.45) is 4.99 Å². The van der Waals surface area contributed by atoms with Crippen LogP contribution in [0, 0.1) is 0 Å². The van der Waals surface area contributed by atoms with Crippen LogP contribution in [0.3, 0.4) is 0 Å². The van der Waals surface area contributed by atoms with E-state index in [2.05, 4.69) is 20.9 Å². The van der Waals surface area contributed by atoms with Crippen molar-refractivity contribution in [1.82, 2.24) is 16.0 Å². The van der Waals surface area contributed by atoms with Crippen molar-refractivity contribution in [2.45, 2.75) is 13.5 Å². The number of carbonyl (C=O) groups is 1. The third-order valence-electron chi connectivity index (χ3n) is 3.73. The Hall–Kier alpha value is -2.73. The number of nitrogens with one attached hydrogen (secondary N) is 3. The number of benzene rings is 2. The van der Waals surface area contributed by atoms with Crippen molar-refractivity contribution in [2.75, 3.05) is 26.7 Å². The molecule has 0 radical (unpaired) electrons. The van der Waals surface area contributed by atoms with Crippen LogP contribution in [-0.4, -0.2) is 38.6 Å². The quantitative estimate of drug-likeness (QED) is 0.369. The molecule has 144 valence electrons. The van der Waals surface area contributed by atoms with Gasteiger partial charge in [-0.05, 0) is 48.9 Å². The van der Waals surface area contributed by atoms with Crippen LogP contribution < -0.4 is 20.7 Å². The van der Waals surface area contributed by atoms with E-state index in [1.807, 2.05) is 31.2 Å². The lowest BCUT2D eigenvalue weighted by Gasteiger charge is -2.12. The number of guanidine groups is 1. The number of methoxy groups -OCH3 is 1. The van der Waals surface area contributed by atoms with Crippen LogP contribution in [0.2, 0.25) is 5.02 Å². The number of hydrogen-bond acceptors (Lipinski definition) is 3. The molecule has 0 bridgehead atoms. The summed E-state index contributed by atoms with van der Waals surface area (Å²) in [5.41, 5.74) is 1.67. The molecule has 2 aromatic carbocycles. The first-order valence-corrected chi connectivity index (χ1v) is 9.19. The van der Waals surface area contributed by atoms with E-state index in [9.17, 15) is 4.79 Å². The summed E-state index contributed by atoms with van der Waals surface area (Å²) in [6.45, 7) is 4.35. The lowest BCUT2D eigenvalue weighted by atomic mass is 10.2. The number of hydrogen-bond donors (Lipinski definition) is 3. The molecule has 0 saturated carbocycles. The van der Waals surface area contributed by atoms with Gasteiger partial charge in [0.2, 0.25) is 0 Å². The summed E-state index contributed by atoms with van der Waals surface area (Å²) in [6.07, 6.45) is 0. The van der Waals surface area contributed by atoms with Gasteiger partial charge in [-0.2, -0.15) is 0 Å². The lowest BCUT2D eigenvalue weighted by Crippen LogP contribution is -2.41. The van der Waals surface area contributed by atoms with Gasteiger partial charge in [0, 0.05) is 30.2 Å². The normalized spacial score (nSPS) is 11.0. The Morgan fingerprint density at radius 3 is 2.30 bits per heavy atom. The molecule has 0 aromatic heterocycles. The summed E-state index contributed by atoms with van der Waals surface area (Å²) in [5, 5.41) is 9.97. The van der Waals surface area contributed by atoms with Crippen molar-refractivity contribution in [3.8, 4) is 5.75 Å². The van der Waals surface area contributed by atoms with Crippen LogP contribution >= 0.6 is 11.6 Å². The maximum atomic E-state index is 12.1. The Morgan fingerprint density at radius 1 is 1.00 bits per heavy atom. The molecule has 3 N–H and O–H groups in total. The minimum atomic E-state index is -0.123. The van der Waals surface area contributed by atoms with E-state index in [4.69, 9.17) is 16.3 Å². The van der Waals surface area contributed by atoms with Gasteiger partial charge >= 0.3 is 0 Å². The van der Waals surface area contributed by atoms with E-state index in [0.717, 1.165) is 17.9 Å². The molecular weight excluding hydrogens is 364 g/mol. The largest absolute Gasteiger partial charge is 0.497 e. The topological polar surface area (TPSA) is 74.8 Å². The number of ether oxygens (including phenoxy) is 1. The van der Waals surface area contributed by atoms with Crippen molar-refractivity contribution in [3.63, 3.8) is 0 Å². The number of amides is 1. The van der Waals surface area contributed by atoms with Gasteiger partial charge in [0.05, 0.1) is 13.7 Å². The SMILES string of the molecule is CCNC(=NCc1ccc(Cl)cc1)NCCNC(=O)c1ccc(OC)cc1. The minimum Gasteiger partial charge on any atom is -0.497 e. The van der Waals surface area contributed by atoms with Gasteiger partial charge in [-0.3, -0.25) is 4.79 Å². The summed E-state index contributed by atoms with van der Waals surface area (Å²) >= 11 is 5.89. The smallest absolute Gasteiger partial charge is 0.251 e. The summed E-state index contributed by atoms with van der Waals surface area (Å²) < 4.78 is 5.09. The molecule has 7 heteroatoms. The van der Waals surface area contributed by atoms with E-state index in [1.54, 1.807) is 31.4 Å². The molecule has 0 atom stereocenters. The third-order valence-corrected chi connectivity index (χ3v) is 3.98. The number of halogens is 1. The van der Waals surface area contributed by atoms with Crippen LogP contribution in [-0.2, 0) is 6.54 Å². The standard InChI is InChI=1S/C20H25ClN4O2/c1-3-22-20(25-14-15-4-8-17(21)9-5-15)24-13-12-23-19(26)16-6-10-18(27-2)11-7-16/h4-11H,3,12-14H2,1-2H3,(H,23,26)(H2,22,24,25). The van der Waals surface area contributed by atoms with Gasteiger partial charge in [-0.15, -0.1) is 0 Å². The maximum Gasteiger partial charge on any atom is 0.251 e. The Kier molecular flexibility index (Phi) is 8.45. The first-order chi connectivity index (χ1) is 13.1. The zero-order valence-corrected chi connectivity index (χ0v) is 16.3. The molecule has 0 spiro atoms. The predicted octanol–water partition coefficient (Wildman–Crippen LogP) is 2.83. The molecule has 0 unspecified atom stereocenters. The zero-order valence-electron chi connectivity index (χ0n) is 15.6. The second kappa shape index (κ2) is 11.1. The highest BCUT2D eigenvalue weighted by atomic mass is 35.5. The first-order valence-electron chi connectivity index (χ1n) is 8.81. The van der Waals surface area contributed by atoms with Crippen LogP contribution in [0.1, 0.15) is 22.8 Å². The highest BCUT2D eigenvalue weighted by Crippen LogP contribution is 2.11.